The summed E-state index contributed by atoms with van der Waals surface area (Å²) in [6, 6.07) is 2.16. The molecule has 0 bridgehead atoms. The number of hydrogen-bond donors (Lipinski definition) is 1. The lowest BCUT2D eigenvalue weighted by Crippen LogP contribution is -2.32. The summed E-state index contributed by atoms with van der Waals surface area (Å²) in [4.78, 5) is 17.7. The van der Waals surface area contributed by atoms with Crippen molar-refractivity contribution in [2.75, 3.05) is 0 Å². The minimum absolute atomic E-state index is 0.00297. The van der Waals surface area contributed by atoms with Crippen molar-refractivity contribution in [3.05, 3.63) is 23.0 Å². The molecule has 0 saturated heterocycles. The molecule has 0 spiro atoms. The number of unbranched alkanes of at least 4 members (excludes halogenated alkanes) is 1. The van der Waals surface area contributed by atoms with Crippen LogP contribution in [0.4, 0.5) is 0 Å². The Morgan fingerprint density at radius 1 is 1.42 bits per heavy atom. The van der Waals surface area contributed by atoms with Gasteiger partial charge in [-0.3, -0.25) is 4.79 Å². The number of pyridine rings is 1. The monoisotopic (exact) mass is 328 g/mol. The quantitative estimate of drug-likeness (QED) is 0.837. The van der Waals surface area contributed by atoms with Crippen LogP contribution in [0.25, 0.3) is 11.0 Å². The maximum absolute atomic E-state index is 12.8. The molecule has 1 fully saturated rings. The van der Waals surface area contributed by atoms with E-state index in [2.05, 4.69) is 24.3 Å². The minimum atomic E-state index is -0.00297. The maximum Gasteiger partial charge on any atom is 0.252 e. The van der Waals surface area contributed by atoms with Crippen LogP contribution in [-0.2, 0) is 6.54 Å². The molecule has 2 aromatic heterocycles. The van der Waals surface area contributed by atoms with Crippen molar-refractivity contribution < 1.29 is 4.79 Å². The highest BCUT2D eigenvalue weighted by Gasteiger charge is 2.28. The Labute approximate surface area is 143 Å². The molecule has 0 aromatic carbocycles. The van der Waals surface area contributed by atoms with Gasteiger partial charge in [0.15, 0.2) is 5.65 Å². The van der Waals surface area contributed by atoms with Crippen molar-refractivity contribution in [1.82, 2.24) is 20.1 Å². The first-order valence-corrected chi connectivity index (χ1v) is 9.24. The van der Waals surface area contributed by atoms with Crippen LogP contribution in [0.5, 0.6) is 0 Å². The van der Waals surface area contributed by atoms with Crippen molar-refractivity contribution in [2.45, 2.75) is 78.3 Å². The molecule has 3 rings (SSSR count). The predicted molar refractivity (Wildman–Crippen MR) is 96.4 cm³/mol. The van der Waals surface area contributed by atoms with Crippen LogP contribution in [0.2, 0.25) is 0 Å². The van der Waals surface area contributed by atoms with Crippen molar-refractivity contribution in [2.24, 2.45) is 0 Å². The van der Waals surface area contributed by atoms with E-state index in [1.165, 1.54) is 12.8 Å². The van der Waals surface area contributed by atoms with Gasteiger partial charge >= 0.3 is 0 Å². The molecule has 1 atom stereocenters. The second-order valence-corrected chi connectivity index (χ2v) is 7.01. The zero-order chi connectivity index (χ0) is 17.3. The summed E-state index contributed by atoms with van der Waals surface area (Å²) in [6.45, 7) is 9.12. The first-order valence-electron chi connectivity index (χ1n) is 9.24. The van der Waals surface area contributed by atoms with Gasteiger partial charge in [-0.2, -0.15) is 5.10 Å². The summed E-state index contributed by atoms with van der Waals surface area (Å²) < 4.78 is 1.99. The molecule has 0 radical (unpaired) electrons. The van der Waals surface area contributed by atoms with Crippen molar-refractivity contribution in [3.8, 4) is 0 Å². The van der Waals surface area contributed by atoms with Gasteiger partial charge in [-0.25, -0.2) is 9.67 Å². The van der Waals surface area contributed by atoms with Crippen molar-refractivity contribution in [1.29, 1.82) is 0 Å². The topological polar surface area (TPSA) is 59.8 Å². The SMILES string of the molecule is CCCCn1nc(C)c2c(C(=O)N[C@@H](C)CC)cc(C3CC3)nc21. The van der Waals surface area contributed by atoms with E-state index < -0.39 is 0 Å². The molecule has 0 unspecified atom stereocenters. The zero-order valence-corrected chi connectivity index (χ0v) is 15.2. The fourth-order valence-electron chi connectivity index (χ4n) is 3.01. The second-order valence-electron chi connectivity index (χ2n) is 7.01. The van der Waals surface area contributed by atoms with Crippen LogP contribution in [0.15, 0.2) is 6.07 Å². The van der Waals surface area contributed by atoms with Crippen LogP contribution in [0, 0.1) is 6.92 Å². The van der Waals surface area contributed by atoms with E-state index in [0.717, 1.165) is 53.8 Å². The van der Waals surface area contributed by atoms with Crippen molar-refractivity contribution >= 4 is 16.9 Å². The average molecular weight is 328 g/mol. The summed E-state index contributed by atoms with van der Waals surface area (Å²) >= 11 is 0. The lowest BCUT2D eigenvalue weighted by atomic mass is 10.1. The molecule has 2 heterocycles. The summed E-state index contributed by atoms with van der Waals surface area (Å²) in [5.41, 5.74) is 3.56. The number of amides is 1. The predicted octanol–water partition coefficient (Wildman–Crippen LogP) is 3.95. The van der Waals surface area contributed by atoms with Gasteiger partial charge in [0, 0.05) is 24.2 Å². The number of carbonyl (C=O) groups excluding carboxylic acids is 1. The van der Waals surface area contributed by atoms with E-state index in [1.807, 2.05) is 24.6 Å². The molecule has 1 saturated carbocycles. The highest BCUT2D eigenvalue weighted by molar-refractivity contribution is 6.06. The lowest BCUT2D eigenvalue weighted by molar-refractivity contribution is 0.0940. The second kappa shape index (κ2) is 6.91. The molecular weight excluding hydrogens is 300 g/mol. The van der Waals surface area contributed by atoms with E-state index in [-0.39, 0.29) is 11.9 Å². The Balaban J connectivity index is 2.08. The van der Waals surface area contributed by atoms with Gasteiger partial charge in [-0.05, 0) is 45.6 Å². The number of nitrogens with zero attached hydrogens (tertiary/aromatic N) is 3. The number of aromatic nitrogens is 3. The molecule has 130 valence electrons. The van der Waals surface area contributed by atoms with Crippen LogP contribution < -0.4 is 5.32 Å². The average Bonchev–Trinajstić information content (AvgIpc) is 3.37. The van der Waals surface area contributed by atoms with Crippen LogP contribution in [0.3, 0.4) is 0 Å². The highest BCUT2D eigenvalue weighted by atomic mass is 16.1. The Hall–Kier alpha value is -1.91. The van der Waals surface area contributed by atoms with Gasteiger partial charge in [0.05, 0.1) is 16.6 Å². The highest BCUT2D eigenvalue weighted by Crippen LogP contribution is 2.40. The van der Waals surface area contributed by atoms with E-state index in [4.69, 9.17) is 4.98 Å². The fraction of sp³-hybridized carbons (Fsp3) is 0.632. The largest absolute Gasteiger partial charge is 0.350 e. The first kappa shape index (κ1) is 16.9. The number of rotatable bonds is 7. The molecule has 1 aliphatic rings. The van der Waals surface area contributed by atoms with Gasteiger partial charge < -0.3 is 5.32 Å². The van der Waals surface area contributed by atoms with Gasteiger partial charge in [0.2, 0.25) is 0 Å². The molecule has 1 amide bonds. The normalized spacial score (nSPS) is 15.7. The zero-order valence-electron chi connectivity index (χ0n) is 15.2. The van der Waals surface area contributed by atoms with E-state index in [9.17, 15) is 4.79 Å². The molecule has 2 aromatic rings. The van der Waals surface area contributed by atoms with E-state index in [0.29, 0.717) is 5.92 Å². The van der Waals surface area contributed by atoms with E-state index in [1.54, 1.807) is 0 Å². The Morgan fingerprint density at radius 3 is 2.79 bits per heavy atom. The molecule has 1 N–H and O–H groups in total. The van der Waals surface area contributed by atoms with Gasteiger partial charge in [-0.1, -0.05) is 20.3 Å². The Bertz CT molecular complexity index is 745. The summed E-state index contributed by atoms with van der Waals surface area (Å²) in [5, 5.41) is 8.68. The third-order valence-corrected chi connectivity index (χ3v) is 4.85. The van der Waals surface area contributed by atoms with E-state index >= 15 is 0 Å². The third kappa shape index (κ3) is 3.30. The molecule has 5 nitrogen and oxygen atoms in total. The van der Waals surface area contributed by atoms with Gasteiger partial charge in [0.1, 0.15) is 0 Å². The number of hydrogen-bond acceptors (Lipinski definition) is 3. The summed E-state index contributed by atoms with van der Waals surface area (Å²) in [6.07, 6.45) is 5.45. The van der Waals surface area contributed by atoms with Crippen molar-refractivity contribution in [3.63, 3.8) is 0 Å². The number of fused-ring (bicyclic) bond motifs is 1. The summed E-state index contributed by atoms with van der Waals surface area (Å²) in [7, 11) is 0. The van der Waals surface area contributed by atoms with Crippen LogP contribution in [-0.4, -0.2) is 26.7 Å². The first-order chi connectivity index (χ1) is 11.5. The molecule has 5 heteroatoms. The van der Waals surface area contributed by atoms with Crippen LogP contribution >= 0.6 is 0 Å². The van der Waals surface area contributed by atoms with Gasteiger partial charge in [-0.15, -0.1) is 0 Å². The van der Waals surface area contributed by atoms with Gasteiger partial charge in [0.25, 0.3) is 5.91 Å². The van der Waals surface area contributed by atoms with Crippen LogP contribution in [0.1, 0.15) is 80.5 Å². The molecule has 1 aliphatic carbocycles. The lowest BCUT2D eigenvalue weighted by Gasteiger charge is -2.13. The number of aryl methyl sites for hydroxylation is 2. The fourth-order valence-corrected chi connectivity index (χ4v) is 3.01. The smallest absolute Gasteiger partial charge is 0.252 e. The Kier molecular flexibility index (Phi) is 4.88. The molecule has 0 aliphatic heterocycles. The standard InChI is InChI=1S/C19H28N4O/c1-5-7-10-23-18-17(13(4)22-23)15(19(24)20-12(3)6-2)11-16(21-18)14-8-9-14/h11-12,14H,5-10H2,1-4H3,(H,20,24)/t12-/m0/s1. The molecular formula is C19H28N4O. The number of carbonyl (C=O) groups is 1. The third-order valence-electron chi connectivity index (χ3n) is 4.85. The summed E-state index contributed by atoms with van der Waals surface area (Å²) in [5.74, 6) is 0.510. The minimum Gasteiger partial charge on any atom is -0.350 e. The number of nitrogens with one attached hydrogen (secondary N) is 1. The maximum atomic E-state index is 12.8. The molecule has 24 heavy (non-hydrogen) atoms. The Morgan fingerprint density at radius 2 is 2.17 bits per heavy atom.